The Balaban J connectivity index is 1.28. The zero-order valence-corrected chi connectivity index (χ0v) is 21.2. The molecular weight excluding hydrogens is 424 g/mol. The molecule has 0 aliphatic heterocycles. The first-order chi connectivity index (χ1) is 16.2. The smallest absolute Gasteiger partial charge is 0.310 e. The number of carbonyl (C=O) groups is 2. The fraction of sp³-hybridized carbons (Fsp3) is 0.600. The molecule has 4 aliphatic rings. The van der Waals surface area contributed by atoms with Gasteiger partial charge in [-0.25, -0.2) is 0 Å². The SMILES string of the molecule is CCC(C)C(=O)OC1C2CC3CC1CC(C2)C3C(=O)OC(C)(C)c1ccc2c(C)cccc2c1. The van der Waals surface area contributed by atoms with Crippen molar-refractivity contribution in [1.29, 1.82) is 0 Å². The molecule has 1 unspecified atom stereocenters. The van der Waals surface area contributed by atoms with Gasteiger partial charge in [0.25, 0.3) is 0 Å². The van der Waals surface area contributed by atoms with Crippen molar-refractivity contribution in [3.8, 4) is 0 Å². The van der Waals surface area contributed by atoms with Gasteiger partial charge in [-0.15, -0.1) is 0 Å². The number of hydrogen-bond acceptors (Lipinski definition) is 4. The Kier molecular flexibility index (Phi) is 5.98. The molecule has 0 radical (unpaired) electrons. The minimum atomic E-state index is -0.682. The third kappa shape index (κ3) is 4.03. The van der Waals surface area contributed by atoms with Crippen LogP contribution in [0.25, 0.3) is 10.8 Å². The molecule has 0 spiro atoms. The second-order valence-corrected chi connectivity index (χ2v) is 11.7. The summed E-state index contributed by atoms with van der Waals surface area (Å²) in [5, 5.41) is 2.41. The van der Waals surface area contributed by atoms with Crippen LogP contribution in [0.15, 0.2) is 36.4 Å². The highest BCUT2D eigenvalue weighted by Gasteiger charge is 2.57. The number of aryl methyl sites for hydroxylation is 1. The molecule has 0 heterocycles. The Morgan fingerprint density at radius 2 is 1.65 bits per heavy atom. The highest BCUT2D eigenvalue weighted by atomic mass is 16.6. The van der Waals surface area contributed by atoms with Crippen molar-refractivity contribution in [2.45, 2.75) is 78.4 Å². The molecule has 34 heavy (non-hydrogen) atoms. The van der Waals surface area contributed by atoms with Crippen LogP contribution in [0.1, 0.15) is 70.9 Å². The van der Waals surface area contributed by atoms with Crippen molar-refractivity contribution >= 4 is 22.7 Å². The van der Waals surface area contributed by atoms with Gasteiger partial charge in [-0.05, 0) is 105 Å². The lowest BCUT2D eigenvalue weighted by molar-refractivity contribution is -0.195. The van der Waals surface area contributed by atoms with Gasteiger partial charge in [0.05, 0.1) is 11.8 Å². The predicted molar refractivity (Wildman–Crippen MR) is 133 cm³/mol. The molecule has 182 valence electrons. The van der Waals surface area contributed by atoms with Gasteiger partial charge in [0.2, 0.25) is 0 Å². The first-order valence-corrected chi connectivity index (χ1v) is 13.1. The molecule has 0 aromatic heterocycles. The average Bonchev–Trinajstić information content (AvgIpc) is 2.79. The molecule has 0 amide bonds. The topological polar surface area (TPSA) is 52.6 Å². The van der Waals surface area contributed by atoms with Crippen LogP contribution >= 0.6 is 0 Å². The first kappa shape index (κ1) is 23.4. The van der Waals surface area contributed by atoms with E-state index in [0.717, 1.165) is 37.7 Å². The van der Waals surface area contributed by atoms with E-state index in [4.69, 9.17) is 9.47 Å². The average molecular weight is 463 g/mol. The van der Waals surface area contributed by atoms with E-state index >= 15 is 0 Å². The number of ether oxygens (including phenoxy) is 2. The summed E-state index contributed by atoms with van der Waals surface area (Å²) in [6, 6.07) is 12.7. The molecule has 4 nitrogen and oxygen atoms in total. The van der Waals surface area contributed by atoms with E-state index in [2.05, 4.69) is 43.3 Å². The predicted octanol–water partition coefficient (Wildman–Crippen LogP) is 6.57. The third-order valence-electron chi connectivity index (χ3n) is 9.06. The molecule has 4 bridgehead atoms. The normalized spacial score (nSPS) is 30.9. The summed E-state index contributed by atoms with van der Waals surface area (Å²) in [6.07, 6.45) is 4.75. The highest BCUT2D eigenvalue weighted by Crippen LogP contribution is 2.58. The maximum Gasteiger partial charge on any atom is 0.310 e. The minimum Gasteiger partial charge on any atom is -0.462 e. The van der Waals surface area contributed by atoms with Gasteiger partial charge in [0.1, 0.15) is 11.7 Å². The Labute approximate surface area is 203 Å². The zero-order chi connectivity index (χ0) is 24.2. The van der Waals surface area contributed by atoms with Crippen molar-refractivity contribution in [2.24, 2.45) is 35.5 Å². The monoisotopic (exact) mass is 462 g/mol. The number of hydrogen-bond donors (Lipinski definition) is 0. The zero-order valence-electron chi connectivity index (χ0n) is 21.2. The molecule has 4 heteroatoms. The van der Waals surface area contributed by atoms with E-state index in [1.807, 2.05) is 27.7 Å². The molecule has 2 aromatic rings. The molecule has 0 saturated heterocycles. The van der Waals surface area contributed by atoms with Crippen LogP contribution in [0.4, 0.5) is 0 Å². The second-order valence-electron chi connectivity index (χ2n) is 11.7. The fourth-order valence-electron chi connectivity index (χ4n) is 7.03. The number of esters is 2. The standard InChI is InChI=1S/C30H38O4/c1-6-17(2)28(31)33-27-22-12-20-13-23(27)15-21(14-22)26(20)29(32)34-30(4,5)24-10-11-25-18(3)8-7-9-19(25)16-24/h7-11,16-17,20-23,26-27H,6,12-15H2,1-5H3. The van der Waals surface area contributed by atoms with E-state index in [1.54, 1.807) is 0 Å². The van der Waals surface area contributed by atoms with Gasteiger partial charge in [-0.2, -0.15) is 0 Å². The van der Waals surface area contributed by atoms with Crippen LogP contribution in [0, 0.1) is 42.4 Å². The second kappa shape index (κ2) is 8.70. The highest BCUT2D eigenvalue weighted by molar-refractivity contribution is 5.86. The quantitative estimate of drug-likeness (QED) is 0.456. The number of carbonyl (C=O) groups excluding carboxylic acids is 2. The van der Waals surface area contributed by atoms with E-state index in [1.165, 1.54) is 16.3 Å². The van der Waals surface area contributed by atoms with Crippen LogP contribution in [0.3, 0.4) is 0 Å². The molecule has 4 aliphatic carbocycles. The summed E-state index contributed by atoms with van der Waals surface area (Å²) in [5.74, 6) is 1.33. The summed E-state index contributed by atoms with van der Waals surface area (Å²) in [4.78, 5) is 26.0. The lowest BCUT2D eigenvalue weighted by Gasteiger charge is -2.56. The Hall–Kier alpha value is -2.36. The van der Waals surface area contributed by atoms with Gasteiger partial charge in [0, 0.05) is 0 Å². The van der Waals surface area contributed by atoms with Crippen molar-refractivity contribution in [3.63, 3.8) is 0 Å². The van der Waals surface area contributed by atoms with Crippen molar-refractivity contribution < 1.29 is 19.1 Å². The summed E-state index contributed by atoms with van der Waals surface area (Å²) in [6.45, 7) is 10.1. The summed E-state index contributed by atoms with van der Waals surface area (Å²) < 4.78 is 12.2. The summed E-state index contributed by atoms with van der Waals surface area (Å²) in [5.41, 5.74) is 1.60. The van der Waals surface area contributed by atoms with Gasteiger partial charge < -0.3 is 9.47 Å². The van der Waals surface area contributed by atoms with Crippen LogP contribution in [-0.2, 0) is 24.7 Å². The Morgan fingerprint density at radius 3 is 2.26 bits per heavy atom. The van der Waals surface area contributed by atoms with Gasteiger partial charge in [-0.1, -0.05) is 44.2 Å². The fourth-order valence-corrected chi connectivity index (χ4v) is 7.03. The van der Waals surface area contributed by atoms with Crippen LogP contribution < -0.4 is 0 Å². The van der Waals surface area contributed by atoms with E-state index in [0.29, 0.717) is 23.7 Å². The van der Waals surface area contributed by atoms with Crippen molar-refractivity contribution in [1.82, 2.24) is 0 Å². The largest absolute Gasteiger partial charge is 0.462 e. The van der Waals surface area contributed by atoms with Gasteiger partial charge >= 0.3 is 11.9 Å². The summed E-state index contributed by atoms with van der Waals surface area (Å²) >= 11 is 0. The summed E-state index contributed by atoms with van der Waals surface area (Å²) in [7, 11) is 0. The molecule has 4 saturated carbocycles. The van der Waals surface area contributed by atoms with E-state index in [-0.39, 0.29) is 29.9 Å². The third-order valence-corrected chi connectivity index (χ3v) is 9.06. The minimum absolute atomic E-state index is 0.0271. The van der Waals surface area contributed by atoms with Crippen molar-refractivity contribution in [3.05, 3.63) is 47.5 Å². The lowest BCUT2D eigenvalue weighted by atomic mass is 9.50. The van der Waals surface area contributed by atoms with Crippen LogP contribution in [0.5, 0.6) is 0 Å². The maximum atomic E-state index is 13.5. The van der Waals surface area contributed by atoms with Crippen LogP contribution in [-0.4, -0.2) is 18.0 Å². The molecule has 1 atom stereocenters. The molecule has 6 rings (SSSR count). The lowest BCUT2D eigenvalue weighted by Crippen LogP contribution is -2.56. The molecular formula is C30H38O4. The molecule has 4 fully saturated rings. The number of rotatable bonds is 6. The molecule has 2 aromatic carbocycles. The van der Waals surface area contributed by atoms with Crippen LogP contribution in [0.2, 0.25) is 0 Å². The van der Waals surface area contributed by atoms with Gasteiger partial charge in [0.15, 0.2) is 0 Å². The van der Waals surface area contributed by atoms with Gasteiger partial charge in [-0.3, -0.25) is 9.59 Å². The first-order valence-electron chi connectivity index (χ1n) is 13.1. The number of fused-ring (bicyclic) bond motifs is 1. The van der Waals surface area contributed by atoms with Crippen molar-refractivity contribution in [2.75, 3.05) is 0 Å². The maximum absolute atomic E-state index is 13.5. The van der Waals surface area contributed by atoms with E-state index in [9.17, 15) is 9.59 Å². The number of benzene rings is 2. The molecule has 0 N–H and O–H groups in total. The van der Waals surface area contributed by atoms with E-state index < -0.39 is 5.60 Å². The Bertz CT molecular complexity index is 1070. The Morgan fingerprint density at radius 1 is 1.00 bits per heavy atom.